The monoisotopic (exact) mass is 322 g/mol. The molecule has 1 aromatic heterocycles. The second-order valence-electron chi connectivity index (χ2n) is 5.30. The van der Waals surface area contributed by atoms with Gasteiger partial charge in [0.1, 0.15) is 6.61 Å². The lowest BCUT2D eigenvalue weighted by atomic mass is 10.2. The van der Waals surface area contributed by atoms with Crippen LogP contribution >= 0.6 is 11.3 Å². The first-order chi connectivity index (χ1) is 9.98. The molecule has 1 aromatic rings. The number of halogens is 3. The van der Waals surface area contributed by atoms with E-state index in [1.165, 1.54) is 17.7 Å². The van der Waals surface area contributed by atoms with Crippen LogP contribution in [0, 0.1) is 0 Å². The fourth-order valence-corrected chi connectivity index (χ4v) is 3.03. The van der Waals surface area contributed by atoms with Gasteiger partial charge in [-0.3, -0.25) is 0 Å². The van der Waals surface area contributed by atoms with Gasteiger partial charge in [0.25, 0.3) is 0 Å². The van der Waals surface area contributed by atoms with Crippen LogP contribution in [0.25, 0.3) is 0 Å². The summed E-state index contributed by atoms with van der Waals surface area (Å²) in [6.45, 7) is 1.80. The predicted molar refractivity (Wildman–Crippen MR) is 76.5 cm³/mol. The molecule has 0 aliphatic heterocycles. The van der Waals surface area contributed by atoms with E-state index in [9.17, 15) is 13.2 Å². The Bertz CT molecular complexity index is 444. The minimum atomic E-state index is -4.25. The summed E-state index contributed by atoms with van der Waals surface area (Å²) in [5.74, 6) is 0. The summed E-state index contributed by atoms with van der Waals surface area (Å²) in [6.07, 6.45) is 0.600. The van der Waals surface area contributed by atoms with E-state index in [0.29, 0.717) is 12.5 Å². The largest absolute Gasteiger partial charge is 0.411 e. The Kier molecular flexibility index (Phi) is 6.01. The summed E-state index contributed by atoms with van der Waals surface area (Å²) in [6, 6.07) is 0.639. The van der Waals surface area contributed by atoms with Crippen LogP contribution in [0.15, 0.2) is 0 Å². The van der Waals surface area contributed by atoms with E-state index in [1.54, 1.807) is 11.3 Å². The SMILES string of the molecule is CCCc1nc(CCOCC(F)(F)F)sc1CNC1CC1. The average Bonchev–Trinajstić information content (AvgIpc) is 3.15. The third-order valence-corrected chi connectivity index (χ3v) is 4.32. The van der Waals surface area contributed by atoms with Crippen molar-refractivity contribution in [3.05, 3.63) is 15.6 Å². The van der Waals surface area contributed by atoms with Crippen molar-refractivity contribution in [2.24, 2.45) is 0 Å². The highest BCUT2D eigenvalue weighted by molar-refractivity contribution is 7.11. The summed E-state index contributed by atoms with van der Waals surface area (Å²) in [5, 5.41) is 4.33. The summed E-state index contributed by atoms with van der Waals surface area (Å²) < 4.78 is 40.6. The molecule has 0 amide bonds. The van der Waals surface area contributed by atoms with Crippen LogP contribution in [-0.4, -0.2) is 30.4 Å². The maximum Gasteiger partial charge on any atom is 0.411 e. The number of hydrogen-bond acceptors (Lipinski definition) is 4. The van der Waals surface area contributed by atoms with E-state index < -0.39 is 12.8 Å². The first kappa shape index (κ1) is 16.7. The quantitative estimate of drug-likeness (QED) is 0.707. The maximum absolute atomic E-state index is 12.0. The van der Waals surface area contributed by atoms with Gasteiger partial charge in [0.15, 0.2) is 0 Å². The summed E-state index contributed by atoms with van der Waals surface area (Å²) in [4.78, 5) is 5.77. The molecule has 1 aliphatic carbocycles. The van der Waals surface area contributed by atoms with Gasteiger partial charge in [-0.25, -0.2) is 4.98 Å². The third kappa shape index (κ3) is 6.32. The van der Waals surface area contributed by atoms with E-state index in [1.807, 2.05) is 0 Å². The number of thiazole rings is 1. The Morgan fingerprint density at radius 1 is 1.33 bits per heavy atom. The van der Waals surface area contributed by atoms with Crippen molar-refractivity contribution in [2.45, 2.75) is 57.8 Å². The smallest absolute Gasteiger partial charge is 0.372 e. The molecular formula is C14H21F3N2OS. The van der Waals surface area contributed by atoms with Crippen LogP contribution in [0.2, 0.25) is 0 Å². The molecule has 7 heteroatoms. The Morgan fingerprint density at radius 2 is 2.10 bits per heavy atom. The van der Waals surface area contributed by atoms with Crippen LogP contribution in [-0.2, 0) is 24.1 Å². The Labute approximate surface area is 126 Å². The van der Waals surface area contributed by atoms with E-state index in [2.05, 4.69) is 22.0 Å². The molecule has 0 unspecified atom stereocenters. The molecule has 1 fully saturated rings. The number of alkyl halides is 3. The van der Waals surface area contributed by atoms with E-state index in [0.717, 1.165) is 30.1 Å². The van der Waals surface area contributed by atoms with Crippen LogP contribution in [0.3, 0.4) is 0 Å². The molecule has 2 rings (SSSR count). The number of aromatic nitrogens is 1. The van der Waals surface area contributed by atoms with Gasteiger partial charge < -0.3 is 10.1 Å². The molecule has 0 saturated heterocycles. The van der Waals surface area contributed by atoms with Gasteiger partial charge in [-0.05, 0) is 19.3 Å². The molecule has 1 aliphatic rings. The van der Waals surface area contributed by atoms with Crippen molar-refractivity contribution < 1.29 is 17.9 Å². The highest BCUT2D eigenvalue weighted by Gasteiger charge is 2.27. The molecule has 21 heavy (non-hydrogen) atoms. The second kappa shape index (κ2) is 7.56. The lowest BCUT2D eigenvalue weighted by Crippen LogP contribution is -2.17. The molecule has 1 N–H and O–H groups in total. The Morgan fingerprint density at radius 3 is 2.71 bits per heavy atom. The second-order valence-corrected chi connectivity index (χ2v) is 6.47. The topological polar surface area (TPSA) is 34.1 Å². The van der Waals surface area contributed by atoms with Crippen molar-refractivity contribution in [1.82, 2.24) is 10.3 Å². The standard InChI is InChI=1S/C14H21F3N2OS/c1-2-3-11-12(8-18-10-4-5-10)21-13(19-11)6-7-20-9-14(15,16)17/h10,18H,2-9H2,1H3. The molecule has 0 bridgehead atoms. The zero-order valence-electron chi connectivity index (χ0n) is 12.1. The maximum atomic E-state index is 12.0. The van der Waals surface area contributed by atoms with Gasteiger partial charge >= 0.3 is 6.18 Å². The Balaban J connectivity index is 1.82. The van der Waals surface area contributed by atoms with Crippen molar-refractivity contribution in [1.29, 1.82) is 0 Å². The average molecular weight is 322 g/mol. The van der Waals surface area contributed by atoms with Crippen molar-refractivity contribution in [3.8, 4) is 0 Å². The fraction of sp³-hybridized carbons (Fsp3) is 0.786. The first-order valence-electron chi connectivity index (χ1n) is 7.33. The summed E-state index contributed by atoms with van der Waals surface area (Å²) in [7, 11) is 0. The number of nitrogens with one attached hydrogen (secondary N) is 1. The molecule has 3 nitrogen and oxygen atoms in total. The predicted octanol–water partition coefficient (Wildman–Crippen LogP) is 3.47. The number of nitrogens with zero attached hydrogens (tertiary/aromatic N) is 1. The molecule has 0 aromatic carbocycles. The summed E-state index contributed by atoms with van der Waals surface area (Å²) in [5.41, 5.74) is 1.08. The van der Waals surface area contributed by atoms with Gasteiger partial charge in [-0.1, -0.05) is 13.3 Å². The van der Waals surface area contributed by atoms with E-state index in [4.69, 9.17) is 0 Å². The van der Waals surface area contributed by atoms with Gasteiger partial charge in [0.2, 0.25) is 0 Å². The highest BCUT2D eigenvalue weighted by atomic mass is 32.1. The number of aryl methyl sites for hydroxylation is 1. The van der Waals surface area contributed by atoms with Gasteiger partial charge in [-0.2, -0.15) is 13.2 Å². The zero-order valence-corrected chi connectivity index (χ0v) is 12.9. The van der Waals surface area contributed by atoms with Crippen LogP contribution in [0.5, 0.6) is 0 Å². The molecule has 0 atom stereocenters. The van der Waals surface area contributed by atoms with Gasteiger partial charge in [-0.15, -0.1) is 11.3 Å². The van der Waals surface area contributed by atoms with E-state index >= 15 is 0 Å². The number of rotatable bonds is 9. The molecule has 1 heterocycles. The van der Waals surface area contributed by atoms with Crippen LogP contribution < -0.4 is 5.32 Å². The first-order valence-corrected chi connectivity index (χ1v) is 8.15. The van der Waals surface area contributed by atoms with E-state index in [-0.39, 0.29) is 6.61 Å². The molecule has 120 valence electrons. The fourth-order valence-electron chi connectivity index (χ4n) is 1.99. The third-order valence-electron chi connectivity index (χ3n) is 3.16. The minimum absolute atomic E-state index is 0.0636. The molecule has 1 saturated carbocycles. The lowest BCUT2D eigenvalue weighted by Gasteiger charge is -2.06. The van der Waals surface area contributed by atoms with Crippen LogP contribution in [0.1, 0.15) is 41.8 Å². The van der Waals surface area contributed by atoms with Gasteiger partial charge in [0, 0.05) is 23.9 Å². The highest BCUT2D eigenvalue weighted by Crippen LogP contribution is 2.24. The molecular weight excluding hydrogens is 301 g/mol. The number of hydrogen-bond donors (Lipinski definition) is 1. The molecule has 0 spiro atoms. The minimum Gasteiger partial charge on any atom is -0.372 e. The summed E-state index contributed by atoms with van der Waals surface area (Å²) >= 11 is 1.59. The normalized spacial score (nSPS) is 15.6. The molecule has 0 radical (unpaired) electrons. The van der Waals surface area contributed by atoms with Gasteiger partial charge in [0.05, 0.1) is 17.3 Å². The van der Waals surface area contributed by atoms with Crippen LogP contribution in [0.4, 0.5) is 13.2 Å². The van der Waals surface area contributed by atoms with Crippen molar-refractivity contribution >= 4 is 11.3 Å². The Hall–Kier alpha value is -0.660. The zero-order chi connectivity index (χ0) is 15.3. The lowest BCUT2D eigenvalue weighted by molar-refractivity contribution is -0.173. The number of ether oxygens (including phenoxy) is 1. The van der Waals surface area contributed by atoms with Crippen molar-refractivity contribution in [2.75, 3.05) is 13.2 Å². The van der Waals surface area contributed by atoms with Crippen molar-refractivity contribution in [3.63, 3.8) is 0 Å².